The van der Waals surface area contributed by atoms with Crippen LogP contribution in [0.15, 0.2) is 0 Å². The Bertz CT molecular complexity index is 455. The molecule has 0 aliphatic carbocycles. The minimum Gasteiger partial charge on any atom is -0.361 e. The predicted molar refractivity (Wildman–Crippen MR) is 79.1 cm³/mol. The zero-order valence-electron chi connectivity index (χ0n) is 11.6. The van der Waals surface area contributed by atoms with Gasteiger partial charge >= 0.3 is 5.69 Å². The summed E-state index contributed by atoms with van der Waals surface area (Å²) < 4.78 is 0. The third-order valence-corrected chi connectivity index (χ3v) is 3.56. The lowest BCUT2D eigenvalue weighted by molar-refractivity contribution is -0.385. The SMILES string of the molecule is CCSCC(C)Nc1nc(NC)nc(C)c1[N+](=O)[O-]. The number of nitrogens with one attached hydrogen (secondary N) is 2. The lowest BCUT2D eigenvalue weighted by Crippen LogP contribution is -2.21. The zero-order valence-corrected chi connectivity index (χ0v) is 12.4. The molecule has 0 aliphatic heterocycles. The second kappa shape index (κ2) is 7.13. The molecule has 0 amide bonds. The van der Waals surface area contributed by atoms with Crippen LogP contribution in [0.25, 0.3) is 0 Å². The molecule has 19 heavy (non-hydrogen) atoms. The fourth-order valence-corrected chi connectivity index (χ4v) is 2.24. The van der Waals surface area contributed by atoms with Crippen LogP contribution in [0.2, 0.25) is 0 Å². The fourth-order valence-electron chi connectivity index (χ4n) is 1.57. The standard InChI is InChI=1S/C11H19N5O2S/c1-5-19-6-7(2)13-10-9(16(17)18)8(3)14-11(12-4)15-10/h7H,5-6H2,1-4H3,(H2,12,13,14,15). The summed E-state index contributed by atoms with van der Waals surface area (Å²) in [7, 11) is 1.68. The van der Waals surface area contributed by atoms with Crippen molar-refractivity contribution in [2.45, 2.75) is 26.8 Å². The predicted octanol–water partition coefficient (Wildman–Crippen LogP) is 2.29. The van der Waals surface area contributed by atoms with Crippen molar-refractivity contribution in [3.05, 3.63) is 15.8 Å². The molecule has 0 aliphatic rings. The molecule has 0 fully saturated rings. The molecule has 2 N–H and O–H groups in total. The van der Waals surface area contributed by atoms with E-state index in [1.54, 1.807) is 25.7 Å². The van der Waals surface area contributed by atoms with E-state index in [9.17, 15) is 10.1 Å². The van der Waals surface area contributed by atoms with E-state index in [4.69, 9.17) is 0 Å². The van der Waals surface area contributed by atoms with Crippen molar-refractivity contribution in [2.24, 2.45) is 0 Å². The van der Waals surface area contributed by atoms with E-state index in [1.807, 2.05) is 6.92 Å². The van der Waals surface area contributed by atoms with Crippen LogP contribution >= 0.6 is 11.8 Å². The van der Waals surface area contributed by atoms with Gasteiger partial charge in [0.05, 0.1) is 4.92 Å². The molecule has 1 unspecified atom stereocenters. The van der Waals surface area contributed by atoms with Crippen LogP contribution in [0.5, 0.6) is 0 Å². The van der Waals surface area contributed by atoms with Crippen LogP contribution in [0.4, 0.5) is 17.5 Å². The summed E-state index contributed by atoms with van der Waals surface area (Å²) in [6, 6.07) is 0.0997. The van der Waals surface area contributed by atoms with Crippen molar-refractivity contribution in [3.63, 3.8) is 0 Å². The fraction of sp³-hybridized carbons (Fsp3) is 0.636. The van der Waals surface area contributed by atoms with Crippen LogP contribution < -0.4 is 10.6 Å². The number of nitrogens with zero attached hydrogens (tertiary/aromatic N) is 3. The van der Waals surface area contributed by atoms with Crippen LogP contribution in [0, 0.1) is 17.0 Å². The topological polar surface area (TPSA) is 93.0 Å². The first-order valence-corrected chi connectivity index (χ1v) is 7.20. The second-order valence-electron chi connectivity index (χ2n) is 4.04. The summed E-state index contributed by atoms with van der Waals surface area (Å²) >= 11 is 1.77. The quantitative estimate of drug-likeness (QED) is 0.586. The highest BCUT2D eigenvalue weighted by Crippen LogP contribution is 2.27. The first-order valence-electron chi connectivity index (χ1n) is 6.04. The minimum absolute atomic E-state index is 0.0626. The van der Waals surface area contributed by atoms with E-state index >= 15 is 0 Å². The zero-order chi connectivity index (χ0) is 14.4. The Balaban J connectivity index is 3.02. The lowest BCUT2D eigenvalue weighted by Gasteiger charge is -2.15. The van der Waals surface area contributed by atoms with Gasteiger partial charge in [-0.05, 0) is 19.6 Å². The highest BCUT2D eigenvalue weighted by molar-refractivity contribution is 7.99. The second-order valence-corrected chi connectivity index (χ2v) is 5.36. The Kier molecular flexibility index (Phi) is 5.81. The Morgan fingerprint density at radius 3 is 2.68 bits per heavy atom. The number of thioether (sulfide) groups is 1. The lowest BCUT2D eigenvalue weighted by atomic mass is 10.3. The van der Waals surface area contributed by atoms with Crippen molar-refractivity contribution < 1.29 is 4.92 Å². The molecule has 0 aromatic carbocycles. The molecule has 0 spiro atoms. The summed E-state index contributed by atoms with van der Waals surface area (Å²) in [5.74, 6) is 2.52. The van der Waals surface area contributed by atoms with Crippen LogP contribution in [0.1, 0.15) is 19.5 Å². The van der Waals surface area contributed by atoms with Gasteiger partial charge in [0.25, 0.3) is 0 Å². The molecule has 0 saturated heterocycles. The summed E-state index contributed by atoms with van der Waals surface area (Å²) in [6.07, 6.45) is 0. The number of aromatic nitrogens is 2. The first kappa shape index (κ1) is 15.5. The van der Waals surface area contributed by atoms with Gasteiger partial charge in [0.1, 0.15) is 5.69 Å². The molecular weight excluding hydrogens is 266 g/mol. The summed E-state index contributed by atoms with van der Waals surface area (Å²) in [6.45, 7) is 5.66. The maximum Gasteiger partial charge on any atom is 0.332 e. The molecule has 106 valence electrons. The van der Waals surface area contributed by atoms with Crippen molar-refractivity contribution in [1.29, 1.82) is 0 Å². The average molecular weight is 285 g/mol. The van der Waals surface area contributed by atoms with Gasteiger partial charge in [-0.25, -0.2) is 4.98 Å². The normalized spacial score (nSPS) is 12.0. The van der Waals surface area contributed by atoms with Gasteiger partial charge in [0, 0.05) is 18.8 Å². The Morgan fingerprint density at radius 1 is 1.47 bits per heavy atom. The average Bonchev–Trinajstić information content (AvgIpc) is 2.35. The smallest absolute Gasteiger partial charge is 0.332 e. The molecule has 1 rings (SSSR count). The summed E-state index contributed by atoms with van der Waals surface area (Å²) in [5.41, 5.74) is 0.287. The van der Waals surface area contributed by atoms with Gasteiger partial charge in [-0.3, -0.25) is 10.1 Å². The van der Waals surface area contributed by atoms with Crippen molar-refractivity contribution in [2.75, 3.05) is 29.2 Å². The third-order valence-electron chi connectivity index (χ3n) is 2.42. The van der Waals surface area contributed by atoms with Gasteiger partial charge in [-0.1, -0.05) is 6.92 Å². The van der Waals surface area contributed by atoms with E-state index in [2.05, 4.69) is 27.5 Å². The van der Waals surface area contributed by atoms with Crippen molar-refractivity contribution >= 4 is 29.2 Å². The number of hydrogen-bond donors (Lipinski definition) is 2. The maximum absolute atomic E-state index is 11.1. The summed E-state index contributed by atoms with van der Waals surface area (Å²) in [4.78, 5) is 18.8. The van der Waals surface area contributed by atoms with Crippen LogP contribution in [-0.2, 0) is 0 Å². The molecule has 1 atom stereocenters. The van der Waals surface area contributed by atoms with E-state index in [0.717, 1.165) is 11.5 Å². The van der Waals surface area contributed by atoms with E-state index in [1.165, 1.54) is 0 Å². The number of aryl methyl sites for hydroxylation is 1. The van der Waals surface area contributed by atoms with Gasteiger partial charge in [-0.2, -0.15) is 16.7 Å². The van der Waals surface area contributed by atoms with Gasteiger partial charge < -0.3 is 10.6 Å². The van der Waals surface area contributed by atoms with E-state index in [0.29, 0.717) is 11.6 Å². The molecule has 7 nitrogen and oxygen atoms in total. The van der Waals surface area contributed by atoms with Crippen LogP contribution in [0.3, 0.4) is 0 Å². The van der Waals surface area contributed by atoms with Gasteiger partial charge in [0.15, 0.2) is 0 Å². The Morgan fingerprint density at radius 2 is 2.16 bits per heavy atom. The van der Waals surface area contributed by atoms with Crippen molar-refractivity contribution in [3.8, 4) is 0 Å². The maximum atomic E-state index is 11.1. The first-order chi connectivity index (χ1) is 8.99. The Hall–Kier alpha value is -1.57. The molecule has 1 aromatic heterocycles. The largest absolute Gasteiger partial charge is 0.361 e. The van der Waals surface area contributed by atoms with Gasteiger partial charge in [0.2, 0.25) is 11.8 Å². The molecule has 8 heteroatoms. The number of hydrogen-bond acceptors (Lipinski definition) is 7. The number of anilines is 2. The monoisotopic (exact) mass is 285 g/mol. The summed E-state index contributed by atoms with van der Waals surface area (Å²) in [5, 5.41) is 17.0. The van der Waals surface area contributed by atoms with Crippen molar-refractivity contribution in [1.82, 2.24) is 9.97 Å². The molecule has 1 heterocycles. The van der Waals surface area contributed by atoms with Gasteiger partial charge in [-0.15, -0.1) is 0 Å². The molecule has 0 bridgehead atoms. The third kappa shape index (κ3) is 4.23. The molecular formula is C11H19N5O2S. The highest BCUT2D eigenvalue weighted by atomic mass is 32.2. The molecule has 0 radical (unpaired) electrons. The van der Waals surface area contributed by atoms with E-state index in [-0.39, 0.29) is 17.5 Å². The Labute approximate surface area is 116 Å². The minimum atomic E-state index is -0.448. The number of rotatable bonds is 7. The number of nitro groups is 1. The highest BCUT2D eigenvalue weighted by Gasteiger charge is 2.22. The van der Waals surface area contributed by atoms with E-state index < -0.39 is 4.92 Å². The molecule has 0 saturated carbocycles. The van der Waals surface area contributed by atoms with Crippen LogP contribution in [-0.4, -0.2) is 39.5 Å². The molecule has 1 aromatic rings.